The van der Waals surface area contributed by atoms with E-state index >= 15 is 0 Å². The summed E-state index contributed by atoms with van der Waals surface area (Å²) in [7, 11) is 1.76. The lowest BCUT2D eigenvalue weighted by Crippen LogP contribution is -2.14. The molecule has 0 fully saturated rings. The van der Waals surface area contributed by atoms with Crippen LogP contribution in [0.25, 0.3) is 0 Å². The fourth-order valence-electron chi connectivity index (χ4n) is 1.56. The molecule has 0 atom stereocenters. The molecule has 2 N–H and O–H groups in total. The zero-order valence-electron chi connectivity index (χ0n) is 9.77. The molecule has 4 nitrogen and oxygen atoms in total. The van der Waals surface area contributed by atoms with E-state index in [0.717, 1.165) is 5.69 Å². The van der Waals surface area contributed by atoms with Crippen LogP contribution < -0.4 is 10.6 Å². The molecule has 0 aliphatic carbocycles. The lowest BCUT2D eigenvalue weighted by atomic mass is 10.1. The molecular formula is C13H12ClN3O. The molecule has 0 aliphatic heterocycles. The van der Waals surface area contributed by atoms with Gasteiger partial charge in [0.05, 0.1) is 5.56 Å². The van der Waals surface area contributed by atoms with Crippen LogP contribution in [-0.4, -0.2) is 17.9 Å². The number of aromatic nitrogens is 1. The van der Waals surface area contributed by atoms with Crippen molar-refractivity contribution in [2.45, 2.75) is 0 Å². The molecule has 2 aromatic rings. The molecule has 1 amide bonds. The Kier molecular flexibility index (Phi) is 3.79. The Balaban J connectivity index is 2.26. The maximum absolute atomic E-state index is 12.1. The van der Waals surface area contributed by atoms with E-state index < -0.39 is 0 Å². The molecule has 1 heterocycles. The molecule has 0 saturated carbocycles. The molecule has 2 rings (SSSR count). The van der Waals surface area contributed by atoms with Crippen molar-refractivity contribution in [2.24, 2.45) is 0 Å². The second kappa shape index (κ2) is 5.51. The summed E-state index contributed by atoms with van der Waals surface area (Å²) in [5, 5.41) is 6.26. The Morgan fingerprint density at radius 2 is 1.94 bits per heavy atom. The van der Waals surface area contributed by atoms with E-state index in [2.05, 4.69) is 15.6 Å². The minimum atomic E-state index is -0.215. The van der Waals surface area contributed by atoms with Gasteiger partial charge in [0.25, 0.3) is 5.91 Å². The standard InChI is InChI=1S/C13H12ClN3O/c1-15-12-3-2-9(14)8-11(12)13(18)17-10-4-6-16-7-5-10/h2-8,15H,1H3,(H,16,17,18). The second-order valence-corrected chi connectivity index (χ2v) is 4.07. The van der Waals surface area contributed by atoms with Crippen LogP contribution >= 0.6 is 11.6 Å². The number of benzene rings is 1. The molecule has 0 bridgehead atoms. The maximum Gasteiger partial charge on any atom is 0.257 e. The van der Waals surface area contributed by atoms with Crippen molar-refractivity contribution in [3.05, 3.63) is 53.3 Å². The molecule has 0 unspecified atom stereocenters. The highest BCUT2D eigenvalue weighted by molar-refractivity contribution is 6.31. The van der Waals surface area contributed by atoms with Gasteiger partial charge in [0, 0.05) is 35.8 Å². The number of halogens is 1. The van der Waals surface area contributed by atoms with Crippen molar-refractivity contribution in [1.82, 2.24) is 4.98 Å². The molecular weight excluding hydrogens is 250 g/mol. The number of rotatable bonds is 3. The quantitative estimate of drug-likeness (QED) is 0.893. The van der Waals surface area contributed by atoms with Gasteiger partial charge in [-0.1, -0.05) is 11.6 Å². The smallest absolute Gasteiger partial charge is 0.257 e. The number of pyridine rings is 1. The van der Waals surface area contributed by atoms with Crippen molar-refractivity contribution >= 4 is 28.9 Å². The topological polar surface area (TPSA) is 54.0 Å². The molecule has 1 aromatic heterocycles. The van der Waals surface area contributed by atoms with E-state index in [-0.39, 0.29) is 5.91 Å². The van der Waals surface area contributed by atoms with Crippen LogP contribution in [0.4, 0.5) is 11.4 Å². The summed E-state index contributed by atoms with van der Waals surface area (Å²) in [6.45, 7) is 0. The van der Waals surface area contributed by atoms with Crippen LogP contribution in [0, 0.1) is 0 Å². The predicted molar refractivity (Wildman–Crippen MR) is 73.2 cm³/mol. The minimum absolute atomic E-state index is 0.215. The van der Waals surface area contributed by atoms with Crippen LogP contribution in [-0.2, 0) is 0 Å². The molecule has 0 radical (unpaired) electrons. The van der Waals surface area contributed by atoms with Gasteiger partial charge in [0.1, 0.15) is 0 Å². The van der Waals surface area contributed by atoms with Crippen LogP contribution in [0.15, 0.2) is 42.7 Å². The largest absolute Gasteiger partial charge is 0.387 e. The van der Waals surface area contributed by atoms with Gasteiger partial charge in [-0.3, -0.25) is 9.78 Å². The Hall–Kier alpha value is -2.07. The van der Waals surface area contributed by atoms with Crippen molar-refractivity contribution in [1.29, 1.82) is 0 Å². The van der Waals surface area contributed by atoms with Gasteiger partial charge >= 0.3 is 0 Å². The van der Waals surface area contributed by atoms with E-state index in [1.807, 2.05) is 0 Å². The number of nitrogens with one attached hydrogen (secondary N) is 2. The van der Waals surface area contributed by atoms with E-state index in [1.165, 1.54) is 0 Å². The van der Waals surface area contributed by atoms with Crippen LogP contribution in [0.2, 0.25) is 5.02 Å². The Labute approximate surface area is 110 Å². The van der Waals surface area contributed by atoms with Gasteiger partial charge in [-0.15, -0.1) is 0 Å². The summed E-state index contributed by atoms with van der Waals surface area (Å²) >= 11 is 5.90. The van der Waals surface area contributed by atoms with E-state index in [4.69, 9.17) is 11.6 Å². The summed E-state index contributed by atoms with van der Waals surface area (Å²) in [6.07, 6.45) is 3.24. The van der Waals surface area contributed by atoms with E-state index in [9.17, 15) is 4.79 Å². The first kappa shape index (κ1) is 12.4. The normalized spacial score (nSPS) is 9.89. The van der Waals surface area contributed by atoms with Crippen molar-refractivity contribution in [2.75, 3.05) is 17.7 Å². The predicted octanol–water partition coefficient (Wildman–Crippen LogP) is 3.03. The maximum atomic E-state index is 12.1. The Morgan fingerprint density at radius 3 is 2.61 bits per heavy atom. The summed E-state index contributed by atoms with van der Waals surface area (Å²) in [4.78, 5) is 16.0. The lowest BCUT2D eigenvalue weighted by molar-refractivity contribution is 0.102. The van der Waals surface area contributed by atoms with Crippen molar-refractivity contribution in [3.63, 3.8) is 0 Å². The van der Waals surface area contributed by atoms with E-state index in [0.29, 0.717) is 16.3 Å². The van der Waals surface area contributed by atoms with Gasteiger partial charge in [0.15, 0.2) is 0 Å². The monoisotopic (exact) mass is 261 g/mol. The van der Waals surface area contributed by atoms with Crippen molar-refractivity contribution in [3.8, 4) is 0 Å². The highest BCUT2D eigenvalue weighted by atomic mass is 35.5. The highest BCUT2D eigenvalue weighted by Crippen LogP contribution is 2.21. The average molecular weight is 262 g/mol. The zero-order valence-corrected chi connectivity index (χ0v) is 10.5. The number of hydrogen-bond donors (Lipinski definition) is 2. The summed E-state index contributed by atoms with van der Waals surface area (Å²) in [5.74, 6) is -0.215. The van der Waals surface area contributed by atoms with Crippen LogP contribution in [0.3, 0.4) is 0 Å². The number of anilines is 2. The fourth-order valence-corrected chi connectivity index (χ4v) is 1.73. The first-order valence-electron chi connectivity index (χ1n) is 5.39. The third kappa shape index (κ3) is 2.78. The number of carbonyl (C=O) groups excluding carboxylic acids is 1. The fraction of sp³-hybridized carbons (Fsp3) is 0.0769. The SMILES string of the molecule is CNc1ccc(Cl)cc1C(=O)Nc1ccncc1. The number of nitrogens with zero attached hydrogens (tertiary/aromatic N) is 1. The van der Waals surface area contributed by atoms with Crippen LogP contribution in [0.5, 0.6) is 0 Å². The Bertz CT molecular complexity index is 557. The van der Waals surface area contributed by atoms with E-state index in [1.54, 1.807) is 49.8 Å². The molecule has 0 saturated heterocycles. The summed E-state index contributed by atoms with van der Waals surface area (Å²) in [6, 6.07) is 8.58. The molecule has 92 valence electrons. The zero-order chi connectivity index (χ0) is 13.0. The summed E-state index contributed by atoms with van der Waals surface area (Å²) in [5.41, 5.74) is 1.92. The summed E-state index contributed by atoms with van der Waals surface area (Å²) < 4.78 is 0. The van der Waals surface area contributed by atoms with Crippen LogP contribution in [0.1, 0.15) is 10.4 Å². The number of hydrogen-bond acceptors (Lipinski definition) is 3. The molecule has 1 aromatic carbocycles. The minimum Gasteiger partial charge on any atom is -0.387 e. The first-order chi connectivity index (χ1) is 8.70. The third-order valence-corrected chi connectivity index (χ3v) is 2.67. The molecule has 0 spiro atoms. The van der Waals surface area contributed by atoms with Gasteiger partial charge < -0.3 is 10.6 Å². The van der Waals surface area contributed by atoms with Gasteiger partial charge in [0.2, 0.25) is 0 Å². The second-order valence-electron chi connectivity index (χ2n) is 3.63. The Morgan fingerprint density at radius 1 is 1.22 bits per heavy atom. The molecule has 0 aliphatic rings. The number of carbonyl (C=O) groups is 1. The van der Waals surface area contributed by atoms with Gasteiger partial charge in [-0.05, 0) is 30.3 Å². The number of amides is 1. The lowest BCUT2D eigenvalue weighted by Gasteiger charge is -2.10. The van der Waals surface area contributed by atoms with Gasteiger partial charge in [-0.2, -0.15) is 0 Å². The third-order valence-electron chi connectivity index (χ3n) is 2.43. The average Bonchev–Trinajstić information content (AvgIpc) is 2.40. The molecule has 18 heavy (non-hydrogen) atoms. The molecule has 5 heteroatoms. The van der Waals surface area contributed by atoms with Gasteiger partial charge in [-0.25, -0.2) is 0 Å². The van der Waals surface area contributed by atoms with Crippen molar-refractivity contribution < 1.29 is 4.79 Å². The first-order valence-corrected chi connectivity index (χ1v) is 5.77. The highest BCUT2D eigenvalue weighted by Gasteiger charge is 2.11.